The van der Waals surface area contributed by atoms with Gasteiger partial charge in [0.15, 0.2) is 0 Å². The first kappa shape index (κ1) is 12.6. The Kier molecular flexibility index (Phi) is 3.03. The van der Waals surface area contributed by atoms with Crippen molar-refractivity contribution in [2.24, 2.45) is 17.4 Å². The number of halogens is 1. The van der Waals surface area contributed by atoms with Crippen LogP contribution in [0.25, 0.3) is 0 Å². The molecule has 0 saturated heterocycles. The third-order valence-electron chi connectivity index (χ3n) is 3.47. The average Bonchev–Trinajstić information content (AvgIpc) is 3.06. The Labute approximate surface area is 109 Å². The molecular weight excluding hydrogens is 284 g/mol. The highest BCUT2D eigenvalue weighted by molar-refractivity contribution is 9.10. The Morgan fingerprint density at radius 1 is 1.59 bits per heavy atom. The van der Waals surface area contributed by atoms with Gasteiger partial charge < -0.3 is 11.5 Å². The van der Waals surface area contributed by atoms with E-state index in [0.717, 1.165) is 28.7 Å². The number of primary amides is 1. The zero-order chi connectivity index (χ0) is 12.8. The van der Waals surface area contributed by atoms with Crippen LogP contribution >= 0.6 is 15.9 Å². The maximum atomic E-state index is 11.6. The van der Waals surface area contributed by atoms with Gasteiger partial charge in [0.1, 0.15) is 5.54 Å². The number of hydrogen-bond acceptors (Lipinski definition) is 3. The molecule has 0 aromatic carbocycles. The molecule has 1 aromatic heterocycles. The molecule has 1 fully saturated rings. The summed E-state index contributed by atoms with van der Waals surface area (Å²) in [7, 11) is 0. The maximum Gasteiger partial charge on any atom is 0.239 e. The molecule has 1 amide bonds. The molecule has 0 aliphatic heterocycles. The highest BCUT2D eigenvalue weighted by Crippen LogP contribution is 2.39. The first-order chi connectivity index (χ1) is 7.86. The largest absolute Gasteiger partial charge is 0.368 e. The SMILES string of the molecule is Cc1nn(CC(N)(C(N)=O)C2CC2)c(C)c1Br. The normalized spacial score (nSPS) is 19.1. The lowest BCUT2D eigenvalue weighted by molar-refractivity contribution is -0.124. The number of nitrogens with zero attached hydrogens (tertiary/aromatic N) is 2. The van der Waals surface area contributed by atoms with Gasteiger partial charge >= 0.3 is 0 Å². The molecule has 0 radical (unpaired) electrons. The van der Waals surface area contributed by atoms with Crippen molar-refractivity contribution in [3.8, 4) is 0 Å². The van der Waals surface area contributed by atoms with Crippen LogP contribution in [0.15, 0.2) is 4.47 Å². The Balaban J connectivity index is 2.29. The first-order valence-corrected chi connectivity index (χ1v) is 6.44. The minimum Gasteiger partial charge on any atom is -0.368 e. The van der Waals surface area contributed by atoms with E-state index >= 15 is 0 Å². The van der Waals surface area contributed by atoms with Crippen molar-refractivity contribution in [3.05, 3.63) is 15.9 Å². The van der Waals surface area contributed by atoms with E-state index in [2.05, 4.69) is 21.0 Å². The Bertz CT molecular complexity index is 466. The summed E-state index contributed by atoms with van der Waals surface area (Å²) >= 11 is 3.46. The molecule has 2 rings (SSSR count). The van der Waals surface area contributed by atoms with Crippen LogP contribution in [0.2, 0.25) is 0 Å². The molecular formula is C11H17BrN4O. The summed E-state index contributed by atoms with van der Waals surface area (Å²) in [5, 5.41) is 4.37. The summed E-state index contributed by atoms with van der Waals surface area (Å²) in [6.07, 6.45) is 1.94. The van der Waals surface area contributed by atoms with Crippen LogP contribution in [-0.2, 0) is 11.3 Å². The number of nitrogens with two attached hydrogens (primary N) is 2. The van der Waals surface area contributed by atoms with E-state index < -0.39 is 11.4 Å². The fourth-order valence-electron chi connectivity index (χ4n) is 2.08. The van der Waals surface area contributed by atoms with Crippen LogP contribution < -0.4 is 11.5 Å². The summed E-state index contributed by atoms with van der Waals surface area (Å²) in [6, 6.07) is 0. The van der Waals surface area contributed by atoms with Gasteiger partial charge in [0.05, 0.1) is 16.7 Å². The topological polar surface area (TPSA) is 86.9 Å². The van der Waals surface area contributed by atoms with Crippen molar-refractivity contribution in [1.29, 1.82) is 0 Å². The van der Waals surface area contributed by atoms with Gasteiger partial charge in [-0.1, -0.05) is 0 Å². The lowest BCUT2D eigenvalue weighted by atomic mass is 9.93. The van der Waals surface area contributed by atoms with Crippen LogP contribution in [0.1, 0.15) is 24.2 Å². The summed E-state index contributed by atoms with van der Waals surface area (Å²) in [4.78, 5) is 11.6. The molecule has 1 heterocycles. The number of hydrogen-bond donors (Lipinski definition) is 2. The maximum absolute atomic E-state index is 11.6. The number of amides is 1. The van der Waals surface area contributed by atoms with Crippen molar-refractivity contribution in [1.82, 2.24) is 9.78 Å². The van der Waals surface area contributed by atoms with Crippen LogP contribution in [0.4, 0.5) is 0 Å². The van der Waals surface area contributed by atoms with Crippen LogP contribution in [0.5, 0.6) is 0 Å². The highest BCUT2D eigenvalue weighted by Gasteiger charge is 2.47. The lowest BCUT2D eigenvalue weighted by Crippen LogP contribution is -2.57. The molecule has 1 aliphatic carbocycles. The van der Waals surface area contributed by atoms with E-state index in [1.54, 1.807) is 4.68 Å². The number of rotatable bonds is 4. The second kappa shape index (κ2) is 4.10. The molecule has 0 bridgehead atoms. The molecule has 5 nitrogen and oxygen atoms in total. The minimum absolute atomic E-state index is 0.197. The number of aromatic nitrogens is 2. The third kappa shape index (κ3) is 2.11. The Hall–Kier alpha value is -0.880. The van der Waals surface area contributed by atoms with E-state index in [4.69, 9.17) is 11.5 Å². The van der Waals surface area contributed by atoms with Crippen molar-refractivity contribution >= 4 is 21.8 Å². The summed E-state index contributed by atoms with van der Waals surface area (Å²) in [5.74, 6) is -0.244. The van der Waals surface area contributed by atoms with Gasteiger partial charge in [-0.2, -0.15) is 5.10 Å². The van der Waals surface area contributed by atoms with Gasteiger partial charge in [-0.15, -0.1) is 0 Å². The zero-order valence-corrected chi connectivity index (χ0v) is 11.6. The number of carbonyl (C=O) groups is 1. The molecule has 94 valence electrons. The predicted molar refractivity (Wildman–Crippen MR) is 68.2 cm³/mol. The monoisotopic (exact) mass is 300 g/mol. The fourth-order valence-corrected chi connectivity index (χ4v) is 2.37. The van der Waals surface area contributed by atoms with E-state index in [0.29, 0.717) is 6.54 Å². The molecule has 1 atom stereocenters. The van der Waals surface area contributed by atoms with Crippen molar-refractivity contribution in [2.45, 2.75) is 38.8 Å². The quantitative estimate of drug-likeness (QED) is 0.864. The second-order valence-electron chi connectivity index (χ2n) is 4.82. The van der Waals surface area contributed by atoms with Gasteiger partial charge in [-0.05, 0) is 48.5 Å². The number of aryl methyl sites for hydroxylation is 1. The molecule has 4 N–H and O–H groups in total. The molecule has 6 heteroatoms. The summed E-state index contributed by atoms with van der Waals surface area (Å²) < 4.78 is 2.72. The smallest absolute Gasteiger partial charge is 0.239 e. The van der Waals surface area contributed by atoms with E-state index in [-0.39, 0.29) is 5.92 Å². The second-order valence-corrected chi connectivity index (χ2v) is 5.61. The number of carbonyl (C=O) groups excluding carboxylic acids is 1. The zero-order valence-electron chi connectivity index (χ0n) is 10.0. The third-order valence-corrected chi connectivity index (χ3v) is 4.62. The predicted octanol–water partition coefficient (Wildman–Crippen LogP) is 0.855. The average molecular weight is 301 g/mol. The van der Waals surface area contributed by atoms with E-state index in [1.165, 1.54) is 0 Å². The molecule has 1 saturated carbocycles. The van der Waals surface area contributed by atoms with E-state index in [1.807, 2.05) is 13.8 Å². The first-order valence-electron chi connectivity index (χ1n) is 5.64. The van der Waals surface area contributed by atoms with Crippen molar-refractivity contribution in [2.75, 3.05) is 0 Å². The van der Waals surface area contributed by atoms with Crippen molar-refractivity contribution < 1.29 is 4.79 Å². The van der Waals surface area contributed by atoms with Gasteiger partial charge in [-0.3, -0.25) is 9.48 Å². The van der Waals surface area contributed by atoms with Gasteiger partial charge in [-0.25, -0.2) is 0 Å². The Morgan fingerprint density at radius 2 is 2.18 bits per heavy atom. The van der Waals surface area contributed by atoms with Gasteiger partial charge in [0, 0.05) is 5.69 Å². The van der Waals surface area contributed by atoms with Crippen LogP contribution in [-0.4, -0.2) is 21.2 Å². The summed E-state index contributed by atoms with van der Waals surface area (Å²) in [5.41, 5.74) is 12.5. The standard InChI is InChI=1S/C11H17BrN4O/c1-6-9(12)7(2)16(15-6)5-11(14,10(13)17)8-3-4-8/h8H,3-5,14H2,1-2H3,(H2,13,17). The van der Waals surface area contributed by atoms with Crippen LogP contribution in [0.3, 0.4) is 0 Å². The molecule has 1 aromatic rings. The van der Waals surface area contributed by atoms with Crippen molar-refractivity contribution in [3.63, 3.8) is 0 Å². The lowest BCUT2D eigenvalue weighted by Gasteiger charge is -2.26. The Morgan fingerprint density at radius 3 is 2.53 bits per heavy atom. The highest BCUT2D eigenvalue weighted by atomic mass is 79.9. The van der Waals surface area contributed by atoms with Gasteiger partial charge in [0.25, 0.3) is 0 Å². The molecule has 0 spiro atoms. The van der Waals surface area contributed by atoms with Crippen LogP contribution in [0, 0.1) is 19.8 Å². The fraction of sp³-hybridized carbons (Fsp3) is 0.636. The molecule has 1 unspecified atom stereocenters. The minimum atomic E-state index is -0.970. The molecule has 1 aliphatic rings. The summed E-state index contributed by atoms with van der Waals surface area (Å²) in [6.45, 7) is 4.21. The molecule has 17 heavy (non-hydrogen) atoms. The van der Waals surface area contributed by atoms with Gasteiger partial charge in [0.2, 0.25) is 5.91 Å². The van der Waals surface area contributed by atoms with E-state index in [9.17, 15) is 4.79 Å².